The maximum Gasteiger partial charge on any atom is 0.288 e. The van der Waals surface area contributed by atoms with Crippen LogP contribution in [0.25, 0.3) is 0 Å². The van der Waals surface area contributed by atoms with Crippen LogP contribution in [-0.2, 0) is 4.79 Å². The molecule has 1 atom stereocenters. The molecule has 1 aliphatic heterocycles. The molecule has 1 heterocycles. The minimum absolute atomic E-state index is 0.0381. The van der Waals surface area contributed by atoms with E-state index in [2.05, 4.69) is 10.6 Å². The Labute approximate surface area is 183 Å². The van der Waals surface area contributed by atoms with E-state index >= 15 is 0 Å². The van der Waals surface area contributed by atoms with E-state index in [-0.39, 0.29) is 34.8 Å². The molecular formula is C21H22ClN3O6. The number of nitrogens with zero attached hydrogens (tertiary/aromatic N) is 1. The van der Waals surface area contributed by atoms with Gasteiger partial charge in [0.05, 0.1) is 17.5 Å². The number of nitro benzene ring substituents is 1. The Hall–Kier alpha value is -3.33. The molecule has 0 spiro atoms. The topological polar surface area (TPSA) is 120 Å². The zero-order valence-electron chi connectivity index (χ0n) is 17.0. The summed E-state index contributed by atoms with van der Waals surface area (Å²) in [4.78, 5) is 35.1. The maximum atomic E-state index is 12.5. The van der Waals surface area contributed by atoms with Gasteiger partial charge in [0.1, 0.15) is 18.2 Å². The lowest BCUT2D eigenvalue weighted by molar-refractivity contribution is -0.384. The molecule has 164 valence electrons. The van der Waals surface area contributed by atoms with Crippen molar-refractivity contribution >= 4 is 29.1 Å². The van der Waals surface area contributed by atoms with E-state index in [1.54, 1.807) is 6.07 Å². The van der Waals surface area contributed by atoms with Crippen LogP contribution in [-0.4, -0.2) is 36.5 Å². The third-order valence-corrected chi connectivity index (χ3v) is 5.04. The van der Waals surface area contributed by atoms with Gasteiger partial charge in [-0.25, -0.2) is 0 Å². The van der Waals surface area contributed by atoms with E-state index in [1.807, 2.05) is 26.0 Å². The number of ether oxygens (including phenoxy) is 2. The first kappa shape index (κ1) is 22.4. The molecular weight excluding hydrogens is 426 g/mol. The van der Waals surface area contributed by atoms with E-state index in [9.17, 15) is 19.7 Å². The molecule has 2 amide bonds. The van der Waals surface area contributed by atoms with Crippen molar-refractivity contribution in [3.8, 4) is 11.5 Å². The van der Waals surface area contributed by atoms with Gasteiger partial charge in [0.25, 0.3) is 11.6 Å². The Bertz CT molecular complexity index is 1010. The minimum Gasteiger partial charge on any atom is -0.486 e. The molecule has 0 bridgehead atoms. The molecule has 0 radical (unpaired) electrons. The average Bonchev–Trinajstić information content (AvgIpc) is 2.75. The Kier molecular flexibility index (Phi) is 6.96. The van der Waals surface area contributed by atoms with Crippen LogP contribution in [0.15, 0.2) is 36.4 Å². The standard InChI is InChI=1S/C21H22ClN3O6/c1-12(2)20(13-4-6-17-18(10-13)31-8-7-30-17)24-19(26)11-23-21(27)14-3-5-15(22)16(9-14)25(28)29/h3-6,9-10,12,20H,7-8,11H2,1-2H3,(H,23,27)(H,24,26)/t20-/m1/s1. The van der Waals surface area contributed by atoms with Crippen LogP contribution in [0, 0.1) is 16.0 Å². The van der Waals surface area contributed by atoms with E-state index in [1.165, 1.54) is 12.1 Å². The second-order valence-electron chi connectivity index (χ2n) is 7.30. The zero-order valence-corrected chi connectivity index (χ0v) is 17.8. The van der Waals surface area contributed by atoms with E-state index < -0.39 is 16.7 Å². The van der Waals surface area contributed by atoms with Gasteiger partial charge >= 0.3 is 0 Å². The number of carbonyl (C=O) groups excluding carboxylic acids is 2. The summed E-state index contributed by atoms with van der Waals surface area (Å²) in [6, 6.07) is 8.90. The third kappa shape index (κ3) is 5.43. The summed E-state index contributed by atoms with van der Waals surface area (Å²) in [6.45, 7) is 4.60. The molecule has 10 heteroatoms. The normalized spacial score (nSPS) is 13.4. The number of amides is 2. The van der Waals surface area contributed by atoms with Crippen LogP contribution in [0.2, 0.25) is 5.02 Å². The van der Waals surface area contributed by atoms with Crippen molar-refractivity contribution in [2.24, 2.45) is 5.92 Å². The van der Waals surface area contributed by atoms with Crippen molar-refractivity contribution in [1.82, 2.24) is 10.6 Å². The summed E-state index contributed by atoms with van der Waals surface area (Å²) >= 11 is 5.76. The predicted molar refractivity (Wildman–Crippen MR) is 114 cm³/mol. The van der Waals surface area contributed by atoms with Gasteiger partial charge in [-0.3, -0.25) is 19.7 Å². The predicted octanol–water partition coefficient (Wildman–Crippen LogP) is 3.26. The van der Waals surface area contributed by atoms with Gasteiger partial charge in [0.15, 0.2) is 11.5 Å². The van der Waals surface area contributed by atoms with Crippen molar-refractivity contribution in [3.05, 3.63) is 62.7 Å². The number of hydrogen-bond acceptors (Lipinski definition) is 6. The van der Waals surface area contributed by atoms with Crippen molar-refractivity contribution in [2.45, 2.75) is 19.9 Å². The van der Waals surface area contributed by atoms with E-state index in [4.69, 9.17) is 21.1 Å². The highest BCUT2D eigenvalue weighted by atomic mass is 35.5. The van der Waals surface area contributed by atoms with Gasteiger partial charge in [-0.1, -0.05) is 31.5 Å². The molecule has 0 saturated carbocycles. The number of benzene rings is 2. The molecule has 9 nitrogen and oxygen atoms in total. The summed E-state index contributed by atoms with van der Waals surface area (Å²) in [5.41, 5.74) is 0.514. The first-order valence-corrected chi connectivity index (χ1v) is 10.0. The molecule has 0 saturated heterocycles. The largest absolute Gasteiger partial charge is 0.486 e. The SMILES string of the molecule is CC(C)[C@@H](NC(=O)CNC(=O)c1ccc(Cl)c([N+](=O)[O-])c1)c1ccc2c(c1)OCCO2. The Balaban J connectivity index is 1.64. The number of nitrogens with one attached hydrogen (secondary N) is 2. The third-order valence-electron chi connectivity index (χ3n) is 4.72. The van der Waals surface area contributed by atoms with Gasteiger partial charge in [-0.2, -0.15) is 0 Å². The number of nitro groups is 1. The van der Waals surface area contributed by atoms with Gasteiger partial charge in [-0.05, 0) is 35.7 Å². The number of halogens is 1. The van der Waals surface area contributed by atoms with Crippen LogP contribution in [0.4, 0.5) is 5.69 Å². The van der Waals surface area contributed by atoms with E-state index in [0.717, 1.165) is 11.6 Å². The van der Waals surface area contributed by atoms with Crippen molar-refractivity contribution < 1.29 is 24.0 Å². The fourth-order valence-electron chi connectivity index (χ4n) is 3.17. The van der Waals surface area contributed by atoms with Crippen LogP contribution in [0.3, 0.4) is 0 Å². The van der Waals surface area contributed by atoms with Gasteiger partial charge in [-0.15, -0.1) is 0 Å². The summed E-state index contributed by atoms with van der Waals surface area (Å²) in [5, 5.41) is 16.3. The Morgan fingerprint density at radius 3 is 2.52 bits per heavy atom. The summed E-state index contributed by atoms with van der Waals surface area (Å²) in [7, 11) is 0. The number of carbonyl (C=O) groups is 2. The Morgan fingerprint density at radius 2 is 1.84 bits per heavy atom. The smallest absolute Gasteiger partial charge is 0.288 e. The Morgan fingerprint density at radius 1 is 1.13 bits per heavy atom. The fourth-order valence-corrected chi connectivity index (χ4v) is 3.36. The second kappa shape index (κ2) is 9.65. The van der Waals surface area contributed by atoms with Crippen LogP contribution >= 0.6 is 11.6 Å². The first-order valence-electron chi connectivity index (χ1n) is 9.67. The lowest BCUT2D eigenvalue weighted by Gasteiger charge is -2.25. The highest BCUT2D eigenvalue weighted by molar-refractivity contribution is 6.32. The molecule has 2 aromatic rings. The van der Waals surface area contributed by atoms with Gasteiger partial charge < -0.3 is 20.1 Å². The van der Waals surface area contributed by atoms with Crippen LogP contribution in [0.5, 0.6) is 11.5 Å². The highest BCUT2D eigenvalue weighted by Gasteiger charge is 2.22. The molecule has 0 unspecified atom stereocenters. The number of rotatable bonds is 7. The summed E-state index contributed by atoms with van der Waals surface area (Å²) in [5.74, 6) is 0.344. The second-order valence-corrected chi connectivity index (χ2v) is 7.71. The lowest BCUT2D eigenvalue weighted by atomic mass is 9.95. The number of hydrogen-bond donors (Lipinski definition) is 2. The number of fused-ring (bicyclic) bond motifs is 1. The summed E-state index contributed by atoms with van der Waals surface area (Å²) in [6.07, 6.45) is 0. The maximum absolute atomic E-state index is 12.5. The molecule has 0 fully saturated rings. The molecule has 1 aliphatic rings. The molecule has 2 aromatic carbocycles. The minimum atomic E-state index is -0.674. The molecule has 3 rings (SSSR count). The van der Waals surface area contributed by atoms with E-state index in [0.29, 0.717) is 24.7 Å². The van der Waals surface area contributed by atoms with Gasteiger partial charge in [0, 0.05) is 11.6 Å². The molecule has 0 aromatic heterocycles. The zero-order chi connectivity index (χ0) is 22.5. The van der Waals surface area contributed by atoms with Gasteiger partial charge in [0.2, 0.25) is 5.91 Å². The quantitative estimate of drug-likeness (QED) is 0.496. The van der Waals surface area contributed by atoms with Crippen LogP contribution < -0.4 is 20.1 Å². The van der Waals surface area contributed by atoms with Crippen LogP contribution in [0.1, 0.15) is 35.8 Å². The monoisotopic (exact) mass is 447 g/mol. The van der Waals surface area contributed by atoms with Crippen molar-refractivity contribution in [2.75, 3.05) is 19.8 Å². The molecule has 0 aliphatic carbocycles. The lowest BCUT2D eigenvalue weighted by Crippen LogP contribution is -2.40. The fraction of sp³-hybridized carbons (Fsp3) is 0.333. The highest BCUT2D eigenvalue weighted by Crippen LogP contribution is 2.34. The van der Waals surface area contributed by atoms with Crippen molar-refractivity contribution in [3.63, 3.8) is 0 Å². The van der Waals surface area contributed by atoms with Crippen molar-refractivity contribution in [1.29, 1.82) is 0 Å². The molecule has 2 N–H and O–H groups in total. The average molecular weight is 448 g/mol. The summed E-state index contributed by atoms with van der Waals surface area (Å²) < 4.78 is 11.1. The molecule has 31 heavy (non-hydrogen) atoms. The first-order chi connectivity index (χ1) is 14.8.